The van der Waals surface area contributed by atoms with E-state index in [1.165, 1.54) is 23.5 Å². The number of carbonyl (C=O) groups excluding carboxylic acids is 1. The SMILES string of the molecule is CCCC(=O)NC[C@@H](c1cccs1)S(=O)(=O)c1ccc(Cl)cc1. The van der Waals surface area contributed by atoms with Crippen LogP contribution in [0.25, 0.3) is 0 Å². The molecule has 1 amide bonds. The molecule has 0 radical (unpaired) electrons. The standard InChI is InChI=1S/C16H18ClNO3S2/c1-2-4-16(19)18-11-15(14-5-3-10-22-14)23(20,21)13-8-6-12(17)7-9-13/h3,5-10,15H,2,4,11H2,1H3,(H,18,19)/t15-/m0/s1. The summed E-state index contributed by atoms with van der Waals surface area (Å²) < 4.78 is 25.8. The summed E-state index contributed by atoms with van der Waals surface area (Å²) in [6.07, 6.45) is 1.11. The lowest BCUT2D eigenvalue weighted by atomic mass is 10.3. The van der Waals surface area contributed by atoms with Crippen LogP contribution in [0.5, 0.6) is 0 Å². The van der Waals surface area contributed by atoms with Gasteiger partial charge in [0.05, 0.1) is 4.90 Å². The lowest BCUT2D eigenvalue weighted by Gasteiger charge is -2.17. The highest BCUT2D eigenvalue weighted by Gasteiger charge is 2.30. The quantitative estimate of drug-likeness (QED) is 0.804. The van der Waals surface area contributed by atoms with E-state index in [0.717, 1.165) is 6.42 Å². The van der Waals surface area contributed by atoms with Crippen LogP contribution in [0, 0.1) is 0 Å². The first-order chi connectivity index (χ1) is 10.9. The minimum absolute atomic E-state index is 0.0598. The molecule has 2 rings (SSSR count). The summed E-state index contributed by atoms with van der Waals surface area (Å²) in [4.78, 5) is 12.6. The number of thiophene rings is 1. The number of carbonyl (C=O) groups is 1. The fourth-order valence-corrected chi connectivity index (χ4v) is 5.06. The van der Waals surface area contributed by atoms with Crippen LogP contribution in [0.3, 0.4) is 0 Å². The Morgan fingerprint density at radius 1 is 1.26 bits per heavy atom. The first-order valence-electron chi connectivity index (χ1n) is 7.24. The van der Waals surface area contributed by atoms with Crippen LogP contribution >= 0.6 is 22.9 Å². The molecule has 1 atom stereocenters. The van der Waals surface area contributed by atoms with E-state index in [9.17, 15) is 13.2 Å². The average Bonchev–Trinajstić information content (AvgIpc) is 3.02. The first kappa shape index (κ1) is 18.0. The van der Waals surface area contributed by atoms with Gasteiger partial charge >= 0.3 is 0 Å². The van der Waals surface area contributed by atoms with E-state index in [0.29, 0.717) is 16.3 Å². The Labute approximate surface area is 145 Å². The van der Waals surface area contributed by atoms with Crippen LogP contribution in [0.1, 0.15) is 29.9 Å². The van der Waals surface area contributed by atoms with Crippen LogP contribution in [-0.4, -0.2) is 20.9 Å². The van der Waals surface area contributed by atoms with Crippen molar-refractivity contribution in [3.63, 3.8) is 0 Å². The molecule has 0 spiro atoms. The van der Waals surface area contributed by atoms with Crippen molar-refractivity contribution in [2.45, 2.75) is 29.9 Å². The molecule has 2 aromatic rings. The number of benzene rings is 1. The second-order valence-electron chi connectivity index (χ2n) is 5.06. The second-order valence-corrected chi connectivity index (χ2v) is 8.60. The number of hydrogen-bond donors (Lipinski definition) is 1. The number of halogens is 1. The van der Waals surface area contributed by atoms with Crippen LogP contribution in [0.15, 0.2) is 46.7 Å². The monoisotopic (exact) mass is 371 g/mol. The first-order valence-corrected chi connectivity index (χ1v) is 10.0. The van der Waals surface area contributed by atoms with E-state index < -0.39 is 15.1 Å². The minimum atomic E-state index is -3.61. The predicted molar refractivity (Wildman–Crippen MR) is 93.6 cm³/mol. The summed E-state index contributed by atoms with van der Waals surface area (Å²) in [5, 5.41) is 4.23. The third-order valence-corrected chi connectivity index (χ3v) is 6.83. The summed E-state index contributed by atoms with van der Waals surface area (Å²) in [7, 11) is -3.61. The molecule has 4 nitrogen and oxygen atoms in total. The number of rotatable bonds is 7. The van der Waals surface area contributed by atoms with Crippen molar-refractivity contribution in [2.75, 3.05) is 6.54 Å². The van der Waals surface area contributed by atoms with Crippen molar-refractivity contribution in [3.8, 4) is 0 Å². The van der Waals surface area contributed by atoms with E-state index in [2.05, 4.69) is 5.32 Å². The van der Waals surface area contributed by atoms with E-state index in [-0.39, 0.29) is 17.3 Å². The van der Waals surface area contributed by atoms with Gasteiger partial charge in [0.25, 0.3) is 0 Å². The van der Waals surface area contributed by atoms with Crippen molar-refractivity contribution >= 4 is 38.7 Å². The lowest BCUT2D eigenvalue weighted by molar-refractivity contribution is -0.121. The van der Waals surface area contributed by atoms with Crippen LogP contribution in [0.4, 0.5) is 0 Å². The lowest BCUT2D eigenvalue weighted by Crippen LogP contribution is -2.31. The van der Waals surface area contributed by atoms with E-state index >= 15 is 0 Å². The van der Waals surface area contributed by atoms with Gasteiger partial charge in [-0.3, -0.25) is 4.79 Å². The molecule has 1 heterocycles. The van der Waals surface area contributed by atoms with Gasteiger partial charge < -0.3 is 5.32 Å². The molecule has 124 valence electrons. The molecule has 0 bridgehead atoms. The van der Waals surface area contributed by atoms with Gasteiger partial charge in [0, 0.05) is 22.9 Å². The summed E-state index contributed by atoms with van der Waals surface area (Å²) >= 11 is 7.19. The van der Waals surface area contributed by atoms with Gasteiger partial charge in [0.1, 0.15) is 5.25 Å². The summed E-state index contributed by atoms with van der Waals surface area (Å²) in [6, 6.07) is 9.66. The Morgan fingerprint density at radius 2 is 1.96 bits per heavy atom. The fourth-order valence-electron chi connectivity index (χ4n) is 2.15. The van der Waals surface area contributed by atoms with Crippen molar-refractivity contribution in [1.29, 1.82) is 0 Å². The van der Waals surface area contributed by atoms with E-state index in [4.69, 9.17) is 11.6 Å². The van der Waals surface area contributed by atoms with Crippen molar-refractivity contribution < 1.29 is 13.2 Å². The average molecular weight is 372 g/mol. The topological polar surface area (TPSA) is 63.2 Å². The zero-order chi connectivity index (χ0) is 16.9. The molecule has 0 fully saturated rings. The van der Waals surface area contributed by atoms with Gasteiger partial charge in [-0.2, -0.15) is 0 Å². The maximum atomic E-state index is 12.9. The molecular weight excluding hydrogens is 354 g/mol. The second kappa shape index (κ2) is 7.95. The maximum Gasteiger partial charge on any atom is 0.220 e. The molecule has 1 aromatic carbocycles. The highest BCUT2D eigenvalue weighted by molar-refractivity contribution is 7.91. The van der Waals surface area contributed by atoms with Crippen molar-refractivity contribution in [2.24, 2.45) is 0 Å². The summed E-state index contributed by atoms with van der Waals surface area (Å²) in [5.74, 6) is -0.139. The molecule has 0 aliphatic carbocycles. The Bertz CT molecular complexity index is 740. The van der Waals surface area contributed by atoms with Gasteiger partial charge in [-0.1, -0.05) is 24.6 Å². The Hall–Kier alpha value is -1.37. The van der Waals surface area contributed by atoms with Crippen molar-refractivity contribution in [3.05, 3.63) is 51.7 Å². The number of hydrogen-bond acceptors (Lipinski definition) is 4. The Balaban J connectivity index is 2.29. The Kier molecular flexibility index (Phi) is 6.21. The van der Waals surface area contributed by atoms with Gasteiger partial charge in [0.15, 0.2) is 9.84 Å². The number of sulfone groups is 1. The van der Waals surface area contributed by atoms with Gasteiger partial charge in [-0.25, -0.2) is 8.42 Å². The van der Waals surface area contributed by atoms with Crippen molar-refractivity contribution in [1.82, 2.24) is 5.32 Å². The normalized spacial score (nSPS) is 12.8. The molecule has 0 saturated heterocycles. The molecule has 0 saturated carbocycles. The molecule has 1 aromatic heterocycles. The van der Waals surface area contributed by atoms with Gasteiger partial charge in [0.2, 0.25) is 5.91 Å². The van der Waals surface area contributed by atoms with E-state index in [1.807, 2.05) is 12.3 Å². The zero-order valence-electron chi connectivity index (χ0n) is 12.7. The number of nitrogens with one attached hydrogen (secondary N) is 1. The van der Waals surface area contributed by atoms with Gasteiger partial charge in [-0.05, 0) is 42.1 Å². The highest BCUT2D eigenvalue weighted by Crippen LogP contribution is 2.31. The minimum Gasteiger partial charge on any atom is -0.354 e. The molecule has 0 aliphatic rings. The van der Waals surface area contributed by atoms with E-state index in [1.54, 1.807) is 24.3 Å². The van der Waals surface area contributed by atoms with Crippen LogP contribution in [0.2, 0.25) is 5.02 Å². The third-order valence-electron chi connectivity index (χ3n) is 3.34. The predicted octanol–water partition coefficient (Wildman–Crippen LogP) is 3.83. The molecule has 23 heavy (non-hydrogen) atoms. The van der Waals surface area contributed by atoms with Crippen LogP contribution < -0.4 is 5.32 Å². The zero-order valence-corrected chi connectivity index (χ0v) is 15.0. The highest BCUT2D eigenvalue weighted by atomic mass is 35.5. The Morgan fingerprint density at radius 3 is 2.52 bits per heavy atom. The summed E-state index contributed by atoms with van der Waals surface area (Å²) in [6.45, 7) is 1.96. The smallest absolute Gasteiger partial charge is 0.220 e. The molecule has 7 heteroatoms. The molecule has 1 N–H and O–H groups in total. The summed E-state index contributed by atoms with van der Waals surface area (Å²) in [5.41, 5.74) is 0. The maximum absolute atomic E-state index is 12.9. The fraction of sp³-hybridized carbons (Fsp3) is 0.312. The third kappa shape index (κ3) is 4.56. The molecule has 0 unspecified atom stereocenters. The molecule has 0 aliphatic heterocycles. The molecular formula is C16H18ClNO3S2. The van der Waals surface area contributed by atoms with Gasteiger partial charge in [-0.15, -0.1) is 11.3 Å². The van der Waals surface area contributed by atoms with Crippen LogP contribution in [-0.2, 0) is 14.6 Å². The number of amides is 1. The largest absolute Gasteiger partial charge is 0.354 e.